The molecule has 1 atom stereocenters. The van der Waals surface area contributed by atoms with Crippen molar-refractivity contribution in [2.45, 2.75) is 58.0 Å². The zero-order valence-electron chi connectivity index (χ0n) is 19.3. The number of ether oxygens (including phenoxy) is 2. The van der Waals surface area contributed by atoms with Gasteiger partial charge in [-0.1, -0.05) is 0 Å². The highest BCUT2D eigenvalue weighted by Gasteiger charge is 2.34. The molecule has 10 heteroatoms. The molecule has 2 rings (SSSR count). The van der Waals surface area contributed by atoms with Gasteiger partial charge in [-0.15, -0.1) is 0 Å². The molecule has 4 nitrogen and oxygen atoms in total. The van der Waals surface area contributed by atoms with Crippen molar-refractivity contribution in [1.82, 2.24) is 0 Å². The second-order valence-corrected chi connectivity index (χ2v) is 8.79. The Labute approximate surface area is 189 Å². The topological polar surface area (TPSA) is 42.5 Å². The fraction of sp³-hybridized carbons (Fsp3) is 0.478. The second-order valence-electron chi connectivity index (χ2n) is 8.79. The van der Waals surface area contributed by atoms with E-state index in [2.05, 4.69) is 10.6 Å². The highest BCUT2D eigenvalue weighted by Crippen LogP contribution is 2.40. The quantitative estimate of drug-likeness (QED) is 0.421. The molecule has 0 heterocycles. The third-order valence-corrected chi connectivity index (χ3v) is 4.62. The van der Waals surface area contributed by atoms with Crippen LogP contribution in [-0.4, -0.2) is 25.8 Å². The molecule has 0 saturated heterocycles. The smallest absolute Gasteiger partial charge is 0.416 e. The third-order valence-electron chi connectivity index (χ3n) is 4.62. The van der Waals surface area contributed by atoms with Crippen molar-refractivity contribution >= 4 is 11.4 Å². The first kappa shape index (κ1) is 26.5. The Kier molecular flexibility index (Phi) is 7.71. The predicted molar refractivity (Wildman–Crippen MR) is 116 cm³/mol. The average molecular weight is 478 g/mol. The number of anilines is 2. The minimum Gasteiger partial charge on any atom is -0.497 e. The summed E-state index contributed by atoms with van der Waals surface area (Å²) < 4.78 is 90.5. The van der Waals surface area contributed by atoms with Crippen molar-refractivity contribution in [3.8, 4) is 11.5 Å². The lowest BCUT2D eigenvalue weighted by Gasteiger charge is -2.27. The SMILES string of the molecule is COc1cc(NC(C)Cc2cc(C(F)(F)F)cc(NC(C)(C)C)c2OC)cc(C(F)(F)F)c1. The van der Waals surface area contributed by atoms with E-state index in [1.807, 2.05) is 0 Å². The molecule has 0 aliphatic heterocycles. The van der Waals surface area contributed by atoms with Crippen molar-refractivity contribution in [2.75, 3.05) is 24.9 Å². The summed E-state index contributed by atoms with van der Waals surface area (Å²) in [5, 5.41) is 5.95. The first-order chi connectivity index (χ1) is 15.0. The van der Waals surface area contributed by atoms with Gasteiger partial charge in [0.25, 0.3) is 0 Å². The molecule has 184 valence electrons. The summed E-state index contributed by atoms with van der Waals surface area (Å²) >= 11 is 0. The number of benzene rings is 2. The van der Waals surface area contributed by atoms with Crippen LogP contribution in [0.15, 0.2) is 30.3 Å². The predicted octanol–water partition coefficient (Wildman–Crippen LogP) is 6.99. The maximum atomic E-state index is 13.5. The van der Waals surface area contributed by atoms with E-state index < -0.39 is 35.1 Å². The molecule has 2 aromatic carbocycles. The van der Waals surface area contributed by atoms with Gasteiger partial charge in [-0.05, 0) is 63.9 Å². The highest BCUT2D eigenvalue weighted by atomic mass is 19.4. The minimum atomic E-state index is -4.58. The summed E-state index contributed by atoms with van der Waals surface area (Å²) in [5.41, 5.74) is -1.70. The van der Waals surface area contributed by atoms with Gasteiger partial charge >= 0.3 is 12.4 Å². The van der Waals surface area contributed by atoms with Crippen molar-refractivity contribution < 1.29 is 35.8 Å². The fourth-order valence-electron chi connectivity index (χ4n) is 3.37. The van der Waals surface area contributed by atoms with E-state index in [1.165, 1.54) is 20.3 Å². The van der Waals surface area contributed by atoms with Gasteiger partial charge in [0, 0.05) is 23.3 Å². The van der Waals surface area contributed by atoms with Crippen LogP contribution in [0, 0.1) is 0 Å². The van der Waals surface area contributed by atoms with Crippen LogP contribution in [0.25, 0.3) is 0 Å². The molecule has 0 aromatic heterocycles. The molecule has 0 radical (unpaired) electrons. The number of hydrogen-bond donors (Lipinski definition) is 2. The molecule has 0 spiro atoms. The normalized spacial score (nSPS) is 13.5. The van der Waals surface area contributed by atoms with Crippen LogP contribution in [0.5, 0.6) is 11.5 Å². The van der Waals surface area contributed by atoms with Crippen molar-refractivity contribution in [1.29, 1.82) is 0 Å². The van der Waals surface area contributed by atoms with Crippen LogP contribution < -0.4 is 20.1 Å². The number of halogens is 6. The van der Waals surface area contributed by atoms with Crippen LogP contribution in [0.2, 0.25) is 0 Å². The Balaban J connectivity index is 2.42. The molecule has 0 amide bonds. The lowest BCUT2D eigenvalue weighted by atomic mass is 9.99. The molecule has 2 aromatic rings. The molecule has 0 bridgehead atoms. The van der Waals surface area contributed by atoms with E-state index in [-0.39, 0.29) is 34.9 Å². The third kappa shape index (κ3) is 7.36. The second kappa shape index (κ2) is 9.61. The summed E-state index contributed by atoms with van der Waals surface area (Å²) in [4.78, 5) is 0. The summed E-state index contributed by atoms with van der Waals surface area (Å²) in [6, 6.07) is 4.64. The molecule has 0 fully saturated rings. The average Bonchev–Trinajstić information content (AvgIpc) is 2.64. The monoisotopic (exact) mass is 478 g/mol. The van der Waals surface area contributed by atoms with Gasteiger partial charge in [0.1, 0.15) is 11.5 Å². The largest absolute Gasteiger partial charge is 0.497 e. The Hall–Kier alpha value is -2.78. The number of alkyl halides is 6. The fourth-order valence-corrected chi connectivity index (χ4v) is 3.37. The van der Waals surface area contributed by atoms with E-state index in [4.69, 9.17) is 9.47 Å². The Morgan fingerprint density at radius 1 is 0.818 bits per heavy atom. The Morgan fingerprint density at radius 3 is 1.88 bits per heavy atom. The van der Waals surface area contributed by atoms with Gasteiger partial charge in [0.2, 0.25) is 0 Å². The van der Waals surface area contributed by atoms with Gasteiger partial charge in [-0.25, -0.2) is 0 Å². The maximum absolute atomic E-state index is 13.5. The van der Waals surface area contributed by atoms with Crippen molar-refractivity contribution in [2.24, 2.45) is 0 Å². The number of rotatable bonds is 7. The summed E-state index contributed by atoms with van der Waals surface area (Å²) in [5.74, 6) is 0.251. The van der Waals surface area contributed by atoms with Crippen LogP contribution in [0.3, 0.4) is 0 Å². The number of methoxy groups -OCH3 is 2. The maximum Gasteiger partial charge on any atom is 0.416 e. The van der Waals surface area contributed by atoms with E-state index >= 15 is 0 Å². The van der Waals surface area contributed by atoms with Gasteiger partial charge in [-0.3, -0.25) is 0 Å². The Bertz CT molecular complexity index is 965. The summed E-state index contributed by atoms with van der Waals surface area (Å²) in [7, 11) is 2.61. The molecule has 33 heavy (non-hydrogen) atoms. The molecular formula is C23H28F6N2O2. The van der Waals surface area contributed by atoms with Gasteiger partial charge in [0.05, 0.1) is 31.0 Å². The molecule has 2 N–H and O–H groups in total. The van der Waals surface area contributed by atoms with Crippen molar-refractivity contribution in [3.05, 3.63) is 47.0 Å². The van der Waals surface area contributed by atoms with E-state index in [0.717, 1.165) is 24.3 Å². The molecule has 0 saturated carbocycles. The zero-order valence-corrected chi connectivity index (χ0v) is 19.3. The van der Waals surface area contributed by atoms with Crippen LogP contribution in [0.1, 0.15) is 44.4 Å². The first-order valence-corrected chi connectivity index (χ1v) is 10.1. The summed E-state index contributed by atoms with van der Waals surface area (Å²) in [6.45, 7) is 7.07. The number of hydrogen-bond acceptors (Lipinski definition) is 4. The van der Waals surface area contributed by atoms with Crippen LogP contribution >= 0.6 is 0 Å². The lowest BCUT2D eigenvalue weighted by molar-refractivity contribution is -0.138. The Morgan fingerprint density at radius 2 is 1.39 bits per heavy atom. The molecule has 1 unspecified atom stereocenters. The summed E-state index contributed by atoms with van der Waals surface area (Å²) in [6.07, 6.45) is -9.10. The highest BCUT2D eigenvalue weighted by molar-refractivity contribution is 5.64. The standard InChI is InChI=1S/C23H28F6N2O2/c1-13(30-17-9-16(23(27,28)29)10-18(12-17)32-5)7-14-8-15(22(24,25)26)11-19(20(14)33-6)31-21(2,3)4/h8-13,30-31H,7H2,1-6H3. The van der Waals surface area contributed by atoms with Crippen LogP contribution in [-0.2, 0) is 18.8 Å². The van der Waals surface area contributed by atoms with E-state index in [9.17, 15) is 26.3 Å². The zero-order chi connectivity index (χ0) is 25.2. The van der Waals surface area contributed by atoms with E-state index in [1.54, 1.807) is 27.7 Å². The van der Waals surface area contributed by atoms with E-state index in [0.29, 0.717) is 0 Å². The molecule has 0 aliphatic carbocycles. The van der Waals surface area contributed by atoms with Gasteiger partial charge in [-0.2, -0.15) is 26.3 Å². The lowest BCUT2D eigenvalue weighted by Crippen LogP contribution is -2.27. The molecular weight excluding hydrogens is 450 g/mol. The van der Waals surface area contributed by atoms with Gasteiger partial charge < -0.3 is 20.1 Å². The number of nitrogens with one attached hydrogen (secondary N) is 2. The first-order valence-electron chi connectivity index (χ1n) is 10.1. The van der Waals surface area contributed by atoms with Gasteiger partial charge in [0.15, 0.2) is 0 Å². The van der Waals surface area contributed by atoms with Crippen molar-refractivity contribution in [3.63, 3.8) is 0 Å². The molecule has 0 aliphatic rings. The minimum absolute atomic E-state index is 0.00726. The van der Waals surface area contributed by atoms with Crippen LogP contribution in [0.4, 0.5) is 37.7 Å².